The summed E-state index contributed by atoms with van der Waals surface area (Å²) in [6.45, 7) is -0.0910. The van der Waals surface area contributed by atoms with E-state index in [9.17, 15) is 9.70 Å². The second-order valence-electron chi connectivity index (χ2n) is 1.57. The van der Waals surface area contributed by atoms with Gasteiger partial charge in [-0.2, -0.15) is 4.84 Å². The smallest absolute Gasteiger partial charge is 0.475 e. The maximum absolute atomic E-state index is 9.83. The summed E-state index contributed by atoms with van der Waals surface area (Å²) in [7, 11) is 0. The van der Waals surface area contributed by atoms with Crippen LogP contribution in [0.4, 0.5) is 0 Å². The van der Waals surface area contributed by atoms with Gasteiger partial charge in [-0.25, -0.2) is 5.21 Å². The Hall–Kier alpha value is -1.33. The summed E-state index contributed by atoms with van der Waals surface area (Å²) in [5.41, 5.74) is 0. The van der Waals surface area contributed by atoms with E-state index in [-0.39, 0.29) is 19.4 Å². The molecule has 0 aliphatic heterocycles. The van der Waals surface area contributed by atoms with E-state index >= 15 is 0 Å². The molecule has 0 saturated heterocycles. The van der Waals surface area contributed by atoms with Crippen LogP contribution in [0.3, 0.4) is 0 Å². The van der Waals surface area contributed by atoms with Crippen LogP contribution in [0.1, 0.15) is 12.8 Å². The molecule has 0 rings (SSSR count). The molecule has 0 aromatic heterocycles. The Labute approximate surface area is 56.5 Å². The van der Waals surface area contributed by atoms with Crippen molar-refractivity contribution in [2.24, 2.45) is 0 Å². The molecule has 6 heteroatoms. The molecule has 0 aliphatic carbocycles. The number of rotatable bonds is 5. The predicted molar refractivity (Wildman–Crippen MR) is 28.2 cm³/mol. The van der Waals surface area contributed by atoms with Gasteiger partial charge in [-0.05, 0) is 6.42 Å². The summed E-state index contributed by atoms with van der Waals surface area (Å²) in [5, 5.41) is 15.2. The van der Waals surface area contributed by atoms with Crippen LogP contribution < -0.4 is 0 Å². The minimum Gasteiger partial charge on any atom is -0.481 e. The first kappa shape index (κ1) is 8.67. The van der Waals surface area contributed by atoms with Crippen LogP contribution in [0.2, 0.25) is 0 Å². The first-order chi connectivity index (χ1) is 4.63. The van der Waals surface area contributed by atoms with Crippen molar-refractivity contribution in [3.05, 3.63) is 4.91 Å². The quantitative estimate of drug-likeness (QED) is 0.423. The van der Waals surface area contributed by atoms with Gasteiger partial charge in [0.2, 0.25) is 0 Å². The highest BCUT2D eigenvalue weighted by molar-refractivity contribution is 5.66. The lowest BCUT2D eigenvalue weighted by Crippen LogP contribution is -2.06. The fourth-order valence-corrected chi connectivity index (χ4v) is 0.366. The summed E-state index contributed by atoms with van der Waals surface area (Å²) in [4.78, 5) is 23.4. The van der Waals surface area contributed by atoms with Gasteiger partial charge in [0.15, 0.2) is 6.61 Å². The Morgan fingerprint density at radius 1 is 1.60 bits per heavy atom. The van der Waals surface area contributed by atoms with Crippen LogP contribution in [0.5, 0.6) is 0 Å². The lowest BCUT2D eigenvalue weighted by molar-refractivity contribution is -0.975. The van der Waals surface area contributed by atoms with Gasteiger partial charge in [0.25, 0.3) is 0 Å². The lowest BCUT2D eigenvalue weighted by Gasteiger charge is -1.88. The highest BCUT2D eigenvalue weighted by atomic mass is 16.9. The summed E-state index contributed by atoms with van der Waals surface area (Å²) in [6.07, 6.45) is 0.127. The molecule has 0 spiro atoms. The van der Waals surface area contributed by atoms with Crippen LogP contribution in [0.15, 0.2) is 0 Å². The molecule has 0 saturated carbocycles. The fraction of sp³-hybridized carbons (Fsp3) is 0.750. The second kappa shape index (κ2) is 4.54. The van der Waals surface area contributed by atoms with Crippen molar-refractivity contribution < 1.29 is 25.0 Å². The molecule has 0 atom stereocenters. The lowest BCUT2D eigenvalue weighted by atomic mass is 10.3. The highest BCUT2D eigenvalue weighted by Gasteiger charge is 2.04. The van der Waals surface area contributed by atoms with Crippen LogP contribution in [0.25, 0.3) is 0 Å². The largest absolute Gasteiger partial charge is 0.481 e. The van der Waals surface area contributed by atoms with Gasteiger partial charge in [0.05, 0.1) is 0 Å². The van der Waals surface area contributed by atoms with Gasteiger partial charge in [-0.1, -0.05) is 0 Å². The number of nitrogens with zero attached hydrogens (tertiary/aromatic N) is 1. The van der Waals surface area contributed by atoms with Crippen molar-refractivity contribution in [1.29, 1.82) is 0 Å². The molecular weight excluding hydrogens is 142 g/mol. The first-order valence-corrected chi connectivity index (χ1v) is 2.64. The standard InChI is InChI=1S/C4H7NO5/c6-4(7)2-1-3-10-5(8)9/h1-3H2,(H-,6,7,8,9)/p+1. The maximum Gasteiger partial charge on any atom is 0.475 e. The van der Waals surface area contributed by atoms with Gasteiger partial charge >= 0.3 is 11.1 Å². The van der Waals surface area contributed by atoms with E-state index in [1.165, 1.54) is 0 Å². The zero-order valence-electron chi connectivity index (χ0n) is 5.19. The molecule has 58 valence electrons. The highest BCUT2D eigenvalue weighted by Crippen LogP contribution is 1.88. The summed E-state index contributed by atoms with van der Waals surface area (Å²) in [6, 6.07) is 0. The zero-order valence-corrected chi connectivity index (χ0v) is 5.19. The molecule has 0 aromatic rings. The van der Waals surface area contributed by atoms with Gasteiger partial charge in [0.1, 0.15) is 4.91 Å². The topological polar surface area (TPSA) is 86.8 Å². The van der Waals surface area contributed by atoms with Crippen LogP contribution in [-0.2, 0) is 9.63 Å². The van der Waals surface area contributed by atoms with Crippen LogP contribution in [0, 0.1) is 4.91 Å². The molecule has 0 fully saturated rings. The fourth-order valence-electron chi connectivity index (χ4n) is 0.366. The summed E-state index contributed by atoms with van der Waals surface area (Å²) >= 11 is 0. The number of aliphatic carboxylic acids is 1. The van der Waals surface area contributed by atoms with Gasteiger partial charge in [-0.15, -0.1) is 0 Å². The van der Waals surface area contributed by atoms with E-state index in [0.29, 0.717) is 0 Å². The predicted octanol–water partition coefficient (Wildman–Crippen LogP) is -0.0491. The molecule has 10 heavy (non-hydrogen) atoms. The third-order valence-electron chi connectivity index (χ3n) is 0.737. The zero-order chi connectivity index (χ0) is 7.98. The van der Waals surface area contributed by atoms with Crippen molar-refractivity contribution in [2.75, 3.05) is 6.61 Å². The third kappa shape index (κ3) is 6.67. The van der Waals surface area contributed by atoms with Gasteiger partial charge < -0.3 is 5.11 Å². The summed E-state index contributed by atoms with van der Waals surface area (Å²) < 4.78 is 0. The first-order valence-electron chi connectivity index (χ1n) is 2.64. The normalized spacial score (nSPS) is 8.80. The van der Waals surface area contributed by atoms with E-state index in [1.54, 1.807) is 0 Å². The van der Waals surface area contributed by atoms with Crippen molar-refractivity contribution in [1.82, 2.24) is 0 Å². The van der Waals surface area contributed by atoms with E-state index in [1.807, 2.05) is 0 Å². The minimum absolute atomic E-state index is 0.0756. The SMILES string of the molecule is O=C(O)CCCO[N+](=O)O. The van der Waals surface area contributed by atoms with E-state index in [0.717, 1.165) is 0 Å². The third-order valence-corrected chi connectivity index (χ3v) is 0.737. The van der Waals surface area contributed by atoms with Gasteiger partial charge in [0, 0.05) is 6.42 Å². The van der Waals surface area contributed by atoms with Crippen LogP contribution >= 0.6 is 0 Å². The van der Waals surface area contributed by atoms with Crippen LogP contribution in [-0.4, -0.2) is 28.0 Å². The molecule has 0 heterocycles. The number of carboxylic acids is 1. The molecule has 0 bridgehead atoms. The maximum atomic E-state index is 9.83. The van der Waals surface area contributed by atoms with E-state index in [4.69, 9.17) is 10.3 Å². The second-order valence-corrected chi connectivity index (χ2v) is 1.57. The Morgan fingerprint density at radius 2 is 2.20 bits per heavy atom. The van der Waals surface area contributed by atoms with Crippen molar-refractivity contribution >= 4 is 5.97 Å². The molecule has 6 nitrogen and oxygen atoms in total. The Morgan fingerprint density at radius 3 is 2.60 bits per heavy atom. The van der Waals surface area contributed by atoms with Crippen molar-refractivity contribution in [3.63, 3.8) is 0 Å². The molecule has 2 N–H and O–H groups in total. The summed E-state index contributed by atoms with van der Waals surface area (Å²) in [5.74, 6) is -0.959. The Kier molecular flexibility index (Phi) is 3.94. The molecule has 0 amide bonds. The van der Waals surface area contributed by atoms with Crippen molar-refractivity contribution in [2.45, 2.75) is 12.8 Å². The van der Waals surface area contributed by atoms with E-state index in [2.05, 4.69) is 4.84 Å². The molecule has 0 unspecified atom stereocenters. The monoisotopic (exact) mass is 150 g/mol. The molecule has 0 aromatic carbocycles. The molecule has 0 aliphatic rings. The average molecular weight is 150 g/mol. The number of carboxylic acid groups (broad SMARTS) is 1. The Bertz CT molecular complexity index is 118. The average Bonchev–Trinajstić information content (AvgIpc) is 1.79. The number of hydrogen-bond donors (Lipinski definition) is 2. The van der Waals surface area contributed by atoms with Gasteiger partial charge in [-0.3, -0.25) is 4.79 Å². The minimum atomic E-state index is -0.959. The van der Waals surface area contributed by atoms with Crippen molar-refractivity contribution in [3.8, 4) is 0 Å². The number of hydrogen-bond acceptors (Lipinski definition) is 3. The molecule has 0 radical (unpaired) electrons. The Balaban J connectivity index is 3.06. The molecular formula is C4H8NO5+. The van der Waals surface area contributed by atoms with E-state index < -0.39 is 11.1 Å². The number of carbonyl (C=O) groups is 1.